The molecule has 2 N–H and O–H groups in total. The predicted octanol–water partition coefficient (Wildman–Crippen LogP) is 3.93. The molecule has 2 heteroatoms. The number of hydrogen-bond donors (Lipinski definition) is 1. The van der Waals surface area contributed by atoms with Crippen LogP contribution in [0.15, 0.2) is 24.3 Å². The zero-order chi connectivity index (χ0) is 11.4. The smallest absolute Gasteiger partial charge is 0.0438 e. The summed E-state index contributed by atoms with van der Waals surface area (Å²) in [6.07, 6.45) is 8.40. The van der Waals surface area contributed by atoms with Crippen molar-refractivity contribution in [1.29, 1.82) is 0 Å². The number of benzene rings is 1. The van der Waals surface area contributed by atoms with Crippen molar-refractivity contribution in [2.45, 2.75) is 50.5 Å². The second-order valence-electron chi connectivity index (χ2n) is 5.04. The van der Waals surface area contributed by atoms with E-state index in [0.29, 0.717) is 0 Å². The molecule has 88 valence electrons. The van der Waals surface area contributed by atoms with Crippen LogP contribution in [0.4, 0.5) is 0 Å². The minimum Gasteiger partial charge on any atom is -0.325 e. The molecule has 1 aromatic rings. The lowest BCUT2D eigenvalue weighted by molar-refractivity contribution is 0.369. The summed E-state index contributed by atoms with van der Waals surface area (Å²) in [4.78, 5) is 0. The van der Waals surface area contributed by atoms with Crippen LogP contribution in [0.1, 0.15) is 44.1 Å². The number of hydrogen-bond acceptors (Lipinski definition) is 1. The highest BCUT2D eigenvalue weighted by Crippen LogP contribution is 2.30. The maximum atomic E-state index is 6.50. The van der Waals surface area contributed by atoms with Gasteiger partial charge in [-0.1, -0.05) is 55.5 Å². The third kappa shape index (κ3) is 2.99. The van der Waals surface area contributed by atoms with Gasteiger partial charge in [-0.2, -0.15) is 0 Å². The summed E-state index contributed by atoms with van der Waals surface area (Å²) in [5.74, 6) is 0. The zero-order valence-electron chi connectivity index (χ0n) is 9.71. The van der Waals surface area contributed by atoms with Crippen LogP contribution < -0.4 is 5.73 Å². The summed E-state index contributed by atoms with van der Waals surface area (Å²) in [6, 6.07) is 8.07. The molecule has 1 fully saturated rings. The molecule has 0 radical (unpaired) electrons. The van der Waals surface area contributed by atoms with Crippen molar-refractivity contribution in [3.63, 3.8) is 0 Å². The topological polar surface area (TPSA) is 26.0 Å². The van der Waals surface area contributed by atoms with E-state index in [1.165, 1.54) is 31.2 Å². The summed E-state index contributed by atoms with van der Waals surface area (Å²) in [5, 5.41) is 0.858. The maximum absolute atomic E-state index is 6.50. The van der Waals surface area contributed by atoms with Gasteiger partial charge in [0.25, 0.3) is 0 Å². The number of rotatable bonds is 2. The third-order valence-corrected chi connectivity index (χ3v) is 3.97. The molecule has 16 heavy (non-hydrogen) atoms. The lowest BCUT2D eigenvalue weighted by atomic mass is 9.85. The van der Waals surface area contributed by atoms with Crippen LogP contribution >= 0.6 is 11.6 Å². The standard InChI is InChI=1S/C14H20ClN/c15-13-8-4-3-7-12(13)11-14(16)9-5-1-2-6-10-14/h3-4,7-8H,1-2,5-6,9-11,16H2. The van der Waals surface area contributed by atoms with Gasteiger partial charge in [-0.15, -0.1) is 0 Å². The number of halogens is 1. The number of nitrogens with two attached hydrogens (primary N) is 1. The van der Waals surface area contributed by atoms with Crippen LogP contribution in [-0.2, 0) is 6.42 Å². The molecule has 1 aliphatic carbocycles. The van der Waals surface area contributed by atoms with E-state index in [-0.39, 0.29) is 5.54 Å². The maximum Gasteiger partial charge on any atom is 0.0438 e. The Labute approximate surface area is 103 Å². The predicted molar refractivity (Wildman–Crippen MR) is 69.8 cm³/mol. The van der Waals surface area contributed by atoms with Crippen LogP contribution in [0.2, 0.25) is 5.02 Å². The van der Waals surface area contributed by atoms with Gasteiger partial charge in [0, 0.05) is 10.6 Å². The van der Waals surface area contributed by atoms with E-state index in [9.17, 15) is 0 Å². The molecule has 0 amide bonds. The van der Waals surface area contributed by atoms with Crippen molar-refractivity contribution in [2.75, 3.05) is 0 Å². The Morgan fingerprint density at radius 3 is 2.31 bits per heavy atom. The molecule has 2 rings (SSSR count). The van der Waals surface area contributed by atoms with Gasteiger partial charge in [0.2, 0.25) is 0 Å². The van der Waals surface area contributed by atoms with Crippen LogP contribution in [0, 0.1) is 0 Å². The second kappa shape index (κ2) is 5.20. The highest BCUT2D eigenvalue weighted by molar-refractivity contribution is 6.31. The molecular weight excluding hydrogens is 218 g/mol. The first-order chi connectivity index (χ1) is 7.70. The molecule has 0 bridgehead atoms. The van der Waals surface area contributed by atoms with E-state index in [1.54, 1.807) is 0 Å². The molecule has 0 spiro atoms. The van der Waals surface area contributed by atoms with E-state index < -0.39 is 0 Å². The summed E-state index contributed by atoms with van der Waals surface area (Å²) in [7, 11) is 0. The van der Waals surface area contributed by atoms with E-state index in [1.807, 2.05) is 18.2 Å². The van der Waals surface area contributed by atoms with Crippen LogP contribution in [0.3, 0.4) is 0 Å². The van der Waals surface area contributed by atoms with Crippen LogP contribution in [0.5, 0.6) is 0 Å². The Hall–Kier alpha value is -0.530. The Morgan fingerprint density at radius 2 is 1.69 bits per heavy atom. The monoisotopic (exact) mass is 237 g/mol. The summed E-state index contributed by atoms with van der Waals surface area (Å²) in [6.45, 7) is 0. The lowest BCUT2D eigenvalue weighted by Crippen LogP contribution is -2.41. The van der Waals surface area contributed by atoms with Crippen molar-refractivity contribution < 1.29 is 0 Å². The van der Waals surface area contributed by atoms with Crippen molar-refractivity contribution >= 4 is 11.6 Å². The zero-order valence-corrected chi connectivity index (χ0v) is 10.5. The minimum atomic E-state index is -0.0263. The summed E-state index contributed by atoms with van der Waals surface area (Å²) >= 11 is 6.19. The van der Waals surface area contributed by atoms with E-state index >= 15 is 0 Å². The van der Waals surface area contributed by atoms with Crippen molar-refractivity contribution in [2.24, 2.45) is 5.73 Å². The van der Waals surface area contributed by atoms with Gasteiger partial charge in [0.05, 0.1) is 0 Å². The average molecular weight is 238 g/mol. The fourth-order valence-corrected chi connectivity index (χ4v) is 2.83. The van der Waals surface area contributed by atoms with Gasteiger partial charge in [-0.05, 0) is 30.9 Å². The first kappa shape index (κ1) is 11.9. The van der Waals surface area contributed by atoms with Crippen molar-refractivity contribution in [3.05, 3.63) is 34.9 Å². The first-order valence-electron chi connectivity index (χ1n) is 6.22. The first-order valence-corrected chi connectivity index (χ1v) is 6.60. The van der Waals surface area contributed by atoms with E-state index in [2.05, 4.69) is 6.07 Å². The fraction of sp³-hybridized carbons (Fsp3) is 0.571. The highest BCUT2D eigenvalue weighted by Gasteiger charge is 2.26. The Bertz CT molecular complexity index is 340. The SMILES string of the molecule is NC1(Cc2ccccc2Cl)CCCCCC1. The highest BCUT2D eigenvalue weighted by atomic mass is 35.5. The van der Waals surface area contributed by atoms with Gasteiger partial charge in [0.15, 0.2) is 0 Å². The molecule has 0 atom stereocenters. The minimum absolute atomic E-state index is 0.0263. The molecule has 0 aliphatic heterocycles. The Balaban J connectivity index is 2.10. The van der Waals surface area contributed by atoms with Crippen molar-refractivity contribution in [3.8, 4) is 0 Å². The van der Waals surface area contributed by atoms with Gasteiger partial charge < -0.3 is 5.73 Å². The summed E-state index contributed by atoms with van der Waals surface area (Å²) < 4.78 is 0. The van der Waals surface area contributed by atoms with E-state index in [0.717, 1.165) is 24.3 Å². The molecule has 1 nitrogen and oxygen atoms in total. The molecule has 0 heterocycles. The molecule has 0 saturated heterocycles. The lowest BCUT2D eigenvalue weighted by Gasteiger charge is -2.28. The average Bonchev–Trinajstić information content (AvgIpc) is 2.47. The van der Waals surface area contributed by atoms with Gasteiger partial charge in [0.1, 0.15) is 0 Å². The Kier molecular flexibility index (Phi) is 3.88. The molecule has 1 aromatic carbocycles. The fourth-order valence-electron chi connectivity index (χ4n) is 2.63. The van der Waals surface area contributed by atoms with Gasteiger partial charge in [-0.3, -0.25) is 0 Å². The normalized spacial score (nSPS) is 20.4. The summed E-state index contributed by atoms with van der Waals surface area (Å²) in [5.41, 5.74) is 7.68. The van der Waals surface area contributed by atoms with Crippen LogP contribution in [-0.4, -0.2) is 5.54 Å². The van der Waals surface area contributed by atoms with Gasteiger partial charge in [-0.25, -0.2) is 0 Å². The quantitative estimate of drug-likeness (QED) is 0.775. The van der Waals surface area contributed by atoms with E-state index in [4.69, 9.17) is 17.3 Å². The molecular formula is C14H20ClN. The molecule has 1 saturated carbocycles. The van der Waals surface area contributed by atoms with Crippen LogP contribution in [0.25, 0.3) is 0 Å². The Morgan fingerprint density at radius 1 is 1.06 bits per heavy atom. The third-order valence-electron chi connectivity index (χ3n) is 3.60. The second-order valence-corrected chi connectivity index (χ2v) is 5.45. The molecule has 1 aliphatic rings. The largest absolute Gasteiger partial charge is 0.325 e. The van der Waals surface area contributed by atoms with Crippen molar-refractivity contribution in [1.82, 2.24) is 0 Å². The molecule has 0 aromatic heterocycles. The van der Waals surface area contributed by atoms with Gasteiger partial charge >= 0.3 is 0 Å². The molecule has 0 unspecified atom stereocenters.